The summed E-state index contributed by atoms with van der Waals surface area (Å²) in [4.78, 5) is 12.5. The van der Waals surface area contributed by atoms with Gasteiger partial charge in [-0.25, -0.2) is 0 Å². The number of nitrogens with zero attached hydrogens (tertiary/aromatic N) is 2. The van der Waals surface area contributed by atoms with Crippen LogP contribution >= 0.6 is 15.9 Å². The second-order valence-corrected chi connectivity index (χ2v) is 6.84. The highest BCUT2D eigenvalue weighted by molar-refractivity contribution is 9.10. The summed E-state index contributed by atoms with van der Waals surface area (Å²) in [5.41, 5.74) is 3.17. The standard InChI is InChI=1S/C21H18BrN3O3/c1-13-6-14(2)8-17(7-13)25-21(26)16(12-24)9-15-10-18(22)20(28-5-4-23)19(11-15)27-3/h6-11H,5H2,1-3H3,(H,25,26)/b16-9+. The number of nitrogens with one attached hydrogen (secondary N) is 1. The Morgan fingerprint density at radius 1 is 1.18 bits per heavy atom. The van der Waals surface area contributed by atoms with Crippen LogP contribution in [0.2, 0.25) is 0 Å². The van der Waals surface area contributed by atoms with Crippen LogP contribution in [-0.2, 0) is 4.79 Å². The smallest absolute Gasteiger partial charge is 0.266 e. The minimum Gasteiger partial charge on any atom is -0.493 e. The van der Waals surface area contributed by atoms with Gasteiger partial charge in [0.15, 0.2) is 18.1 Å². The molecule has 7 heteroatoms. The number of methoxy groups -OCH3 is 1. The maximum atomic E-state index is 12.5. The van der Waals surface area contributed by atoms with Crippen LogP contribution in [0.3, 0.4) is 0 Å². The van der Waals surface area contributed by atoms with E-state index in [0.29, 0.717) is 27.2 Å². The molecule has 2 rings (SSSR count). The van der Waals surface area contributed by atoms with E-state index >= 15 is 0 Å². The molecule has 0 aliphatic heterocycles. The number of benzene rings is 2. The van der Waals surface area contributed by atoms with Crippen LogP contribution in [0, 0.1) is 36.5 Å². The van der Waals surface area contributed by atoms with Gasteiger partial charge in [0.25, 0.3) is 5.91 Å². The van der Waals surface area contributed by atoms with Gasteiger partial charge in [0.1, 0.15) is 17.7 Å². The van der Waals surface area contributed by atoms with Gasteiger partial charge in [-0.1, -0.05) is 6.07 Å². The second kappa shape index (κ2) is 9.59. The van der Waals surface area contributed by atoms with Crippen molar-refractivity contribution in [2.24, 2.45) is 0 Å². The number of anilines is 1. The van der Waals surface area contributed by atoms with E-state index in [-0.39, 0.29) is 12.2 Å². The first-order valence-electron chi connectivity index (χ1n) is 8.26. The summed E-state index contributed by atoms with van der Waals surface area (Å²) in [6.45, 7) is 3.73. The summed E-state index contributed by atoms with van der Waals surface area (Å²) in [7, 11) is 1.46. The van der Waals surface area contributed by atoms with Gasteiger partial charge in [-0.3, -0.25) is 4.79 Å². The Balaban J connectivity index is 2.33. The van der Waals surface area contributed by atoms with Crippen molar-refractivity contribution in [2.75, 3.05) is 19.0 Å². The lowest BCUT2D eigenvalue weighted by Crippen LogP contribution is -2.13. The summed E-state index contributed by atoms with van der Waals surface area (Å²) in [5.74, 6) is 0.245. The van der Waals surface area contributed by atoms with E-state index in [0.717, 1.165) is 11.1 Å². The topological polar surface area (TPSA) is 95.1 Å². The molecular weight excluding hydrogens is 422 g/mol. The maximum Gasteiger partial charge on any atom is 0.266 e. The Kier molecular flexibility index (Phi) is 7.20. The van der Waals surface area contributed by atoms with Crippen LogP contribution in [0.5, 0.6) is 11.5 Å². The van der Waals surface area contributed by atoms with E-state index in [1.807, 2.05) is 44.2 Å². The zero-order valence-corrected chi connectivity index (χ0v) is 17.3. The molecule has 1 N–H and O–H groups in total. The number of hydrogen-bond acceptors (Lipinski definition) is 5. The molecule has 2 aromatic carbocycles. The van der Waals surface area contributed by atoms with Crippen LogP contribution in [0.15, 0.2) is 40.4 Å². The van der Waals surface area contributed by atoms with E-state index in [4.69, 9.17) is 14.7 Å². The molecule has 1 amide bonds. The minimum absolute atomic E-state index is 0.0567. The molecule has 0 atom stereocenters. The molecular formula is C21H18BrN3O3. The van der Waals surface area contributed by atoms with Gasteiger partial charge in [0.2, 0.25) is 0 Å². The molecule has 0 aromatic heterocycles. The van der Waals surface area contributed by atoms with Crippen LogP contribution in [0.25, 0.3) is 6.08 Å². The molecule has 0 radical (unpaired) electrons. The van der Waals surface area contributed by atoms with Gasteiger partial charge in [0, 0.05) is 5.69 Å². The number of hydrogen-bond donors (Lipinski definition) is 1. The average molecular weight is 440 g/mol. The molecule has 28 heavy (non-hydrogen) atoms. The Morgan fingerprint density at radius 2 is 1.86 bits per heavy atom. The van der Waals surface area contributed by atoms with Crippen molar-refractivity contribution >= 4 is 33.6 Å². The fourth-order valence-electron chi connectivity index (χ4n) is 2.63. The summed E-state index contributed by atoms with van der Waals surface area (Å²) < 4.78 is 11.2. The molecule has 0 aliphatic carbocycles. The first-order chi connectivity index (χ1) is 13.4. The van der Waals surface area contributed by atoms with Crippen molar-refractivity contribution in [3.8, 4) is 23.6 Å². The monoisotopic (exact) mass is 439 g/mol. The molecule has 142 valence electrons. The molecule has 0 fully saturated rings. The lowest BCUT2D eigenvalue weighted by Gasteiger charge is -2.12. The Labute approximate surface area is 172 Å². The number of nitriles is 2. The first kappa shape index (κ1) is 21.0. The summed E-state index contributed by atoms with van der Waals surface area (Å²) >= 11 is 3.36. The molecule has 2 aromatic rings. The predicted molar refractivity (Wildman–Crippen MR) is 110 cm³/mol. The lowest BCUT2D eigenvalue weighted by molar-refractivity contribution is -0.112. The van der Waals surface area contributed by atoms with Gasteiger partial charge in [-0.15, -0.1) is 0 Å². The third kappa shape index (κ3) is 5.35. The normalized spacial score (nSPS) is 10.6. The van der Waals surface area contributed by atoms with Crippen molar-refractivity contribution in [1.82, 2.24) is 0 Å². The molecule has 0 aliphatic rings. The van der Waals surface area contributed by atoms with Crippen molar-refractivity contribution in [3.05, 3.63) is 57.1 Å². The maximum absolute atomic E-state index is 12.5. The van der Waals surface area contributed by atoms with Crippen molar-refractivity contribution in [3.63, 3.8) is 0 Å². The number of aryl methyl sites for hydroxylation is 2. The highest BCUT2D eigenvalue weighted by Crippen LogP contribution is 2.37. The second-order valence-electron chi connectivity index (χ2n) is 5.98. The zero-order valence-electron chi connectivity index (χ0n) is 15.7. The largest absolute Gasteiger partial charge is 0.493 e. The van der Waals surface area contributed by atoms with Gasteiger partial charge >= 0.3 is 0 Å². The third-order valence-electron chi connectivity index (χ3n) is 3.69. The SMILES string of the molecule is COc1cc(/C=C(\C#N)C(=O)Nc2cc(C)cc(C)c2)cc(Br)c1OCC#N. The van der Waals surface area contributed by atoms with E-state index in [1.54, 1.807) is 12.1 Å². The van der Waals surface area contributed by atoms with Gasteiger partial charge in [-0.2, -0.15) is 10.5 Å². The Bertz CT molecular complexity index is 997. The van der Waals surface area contributed by atoms with Gasteiger partial charge in [0.05, 0.1) is 11.6 Å². The lowest BCUT2D eigenvalue weighted by atomic mass is 10.1. The van der Waals surface area contributed by atoms with Crippen molar-refractivity contribution in [2.45, 2.75) is 13.8 Å². The molecule has 0 spiro atoms. The van der Waals surface area contributed by atoms with Crippen LogP contribution in [0.4, 0.5) is 5.69 Å². The van der Waals surface area contributed by atoms with Gasteiger partial charge in [-0.05, 0) is 76.8 Å². The molecule has 0 saturated carbocycles. The number of halogens is 1. The number of carbonyl (C=O) groups excluding carboxylic acids is 1. The van der Waals surface area contributed by atoms with E-state index < -0.39 is 5.91 Å². The number of rotatable bonds is 6. The molecule has 0 heterocycles. The number of amides is 1. The molecule has 0 bridgehead atoms. The highest BCUT2D eigenvalue weighted by atomic mass is 79.9. The fourth-order valence-corrected chi connectivity index (χ4v) is 3.20. The predicted octanol–water partition coefficient (Wildman–Crippen LogP) is 4.52. The van der Waals surface area contributed by atoms with Crippen LogP contribution < -0.4 is 14.8 Å². The summed E-state index contributed by atoms with van der Waals surface area (Å²) in [6.07, 6.45) is 1.46. The zero-order chi connectivity index (χ0) is 20.7. The molecule has 6 nitrogen and oxygen atoms in total. The van der Waals surface area contributed by atoms with Crippen molar-refractivity contribution < 1.29 is 14.3 Å². The van der Waals surface area contributed by atoms with Crippen LogP contribution in [0.1, 0.15) is 16.7 Å². The van der Waals surface area contributed by atoms with E-state index in [1.165, 1.54) is 13.2 Å². The highest BCUT2D eigenvalue weighted by Gasteiger charge is 2.14. The van der Waals surface area contributed by atoms with Crippen molar-refractivity contribution in [1.29, 1.82) is 10.5 Å². The average Bonchev–Trinajstić information content (AvgIpc) is 2.63. The number of ether oxygens (including phenoxy) is 2. The quantitative estimate of drug-likeness (QED) is 0.526. The minimum atomic E-state index is -0.507. The molecule has 0 saturated heterocycles. The van der Waals surface area contributed by atoms with E-state index in [2.05, 4.69) is 21.2 Å². The Morgan fingerprint density at radius 3 is 2.43 bits per heavy atom. The van der Waals surface area contributed by atoms with E-state index in [9.17, 15) is 10.1 Å². The summed E-state index contributed by atoms with van der Waals surface area (Å²) in [6, 6.07) is 12.8. The first-order valence-corrected chi connectivity index (χ1v) is 9.06. The Hall–Kier alpha value is -3.29. The van der Waals surface area contributed by atoms with Crippen LogP contribution in [-0.4, -0.2) is 19.6 Å². The molecule has 0 unspecified atom stereocenters. The summed E-state index contributed by atoms with van der Waals surface area (Å²) in [5, 5.41) is 20.9. The number of carbonyl (C=O) groups is 1. The van der Waals surface area contributed by atoms with Gasteiger partial charge < -0.3 is 14.8 Å². The fraction of sp³-hybridized carbons (Fsp3) is 0.190. The third-order valence-corrected chi connectivity index (χ3v) is 4.28.